The van der Waals surface area contributed by atoms with E-state index in [1.54, 1.807) is 24.3 Å². The van der Waals surface area contributed by atoms with Crippen LogP contribution in [0.15, 0.2) is 36.4 Å². The molecule has 1 amide bonds. The number of nitrogens with one attached hydrogen (secondary N) is 2. The van der Waals surface area contributed by atoms with Gasteiger partial charge in [0.05, 0.1) is 16.2 Å². The third kappa shape index (κ3) is 3.60. The second-order valence-corrected chi connectivity index (χ2v) is 6.54. The maximum atomic E-state index is 12.0. The highest BCUT2D eigenvalue weighted by Crippen LogP contribution is 2.36. The highest BCUT2D eigenvalue weighted by Gasteiger charge is 2.21. The molecule has 138 valence electrons. The molecular weight excluding hydrogens is 393 g/mol. The molecule has 3 aromatic rings. The number of hydrogen-bond donors (Lipinski definition) is 4. The first-order valence-electron chi connectivity index (χ1n) is 7.69. The van der Waals surface area contributed by atoms with Gasteiger partial charge < -0.3 is 21.1 Å². The van der Waals surface area contributed by atoms with Crippen molar-refractivity contribution in [1.29, 1.82) is 0 Å². The number of aromatic carboxylic acids is 1. The molecule has 9 heteroatoms. The van der Waals surface area contributed by atoms with Crippen molar-refractivity contribution >= 4 is 57.5 Å². The smallest absolute Gasteiger partial charge is 0.354 e. The summed E-state index contributed by atoms with van der Waals surface area (Å²) in [6, 6.07) is 9.47. The highest BCUT2D eigenvalue weighted by atomic mass is 35.5. The van der Waals surface area contributed by atoms with Gasteiger partial charge in [-0.3, -0.25) is 9.59 Å². The lowest BCUT2D eigenvalue weighted by Crippen LogP contribution is -2.24. The van der Waals surface area contributed by atoms with Crippen LogP contribution in [-0.2, 0) is 11.3 Å². The second kappa shape index (κ2) is 7.30. The molecule has 0 aliphatic rings. The van der Waals surface area contributed by atoms with E-state index >= 15 is 0 Å². The number of aromatic nitrogens is 1. The van der Waals surface area contributed by atoms with Crippen LogP contribution in [0.1, 0.15) is 26.4 Å². The van der Waals surface area contributed by atoms with Crippen LogP contribution in [-0.4, -0.2) is 27.8 Å². The number of amides is 1. The Hall–Kier alpha value is -3.03. The van der Waals surface area contributed by atoms with Gasteiger partial charge in [-0.05, 0) is 17.7 Å². The molecule has 7 nitrogen and oxygen atoms in total. The van der Waals surface area contributed by atoms with E-state index in [9.17, 15) is 19.5 Å². The first-order valence-corrected chi connectivity index (χ1v) is 8.45. The molecule has 27 heavy (non-hydrogen) atoms. The Morgan fingerprint density at radius 1 is 1.15 bits per heavy atom. The summed E-state index contributed by atoms with van der Waals surface area (Å²) in [7, 11) is 0. The molecule has 1 heterocycles. The predicted molar refractivity (Wildman–Crippen MR) is 103 cm³/mol. The van der Waals surface area contributed by atoms with Crippen LogP contribution in [0, 0.1) is 0 Å². The standard InChI is InChI=1S/C18H13Cl2N3O4/c19-9-5-11(20)13-12(6-9)23-15(18(26)27)14(13)22-7-8-3-1-2-4-10(8)16(24)17(21)25/h1-6,22-23H,7H2,(H2,21,25)(H,26,27). The summed E-state index contributed by atoms with van der Waals surface area (Å²) in [4.78, 5) is 37.6. The van der Waals surface area contributed by atoms with Crippen molar-refractivity contribution in [3.8, 4) is 0 Å². The number of rotatable bonds is 6. The molecule has 0 saturated heterocycles. The van der Waals surface area contributed by atoms with E-state index in [4.69, 9.17) is 28.9 Å². The number of nitrogens with two attached hydrogens (primary N) is 1. The number of primary amides is 1. The average molecular weight is 406 g/mol. The van der Waals surface area contributed by atoms with Gasteiger partial charge in [-0.2, -0.15) is 0 Å². The van der Waals surface area contributed by atoms with Gasteiger partial charge in [0.15, 0.2) is 0 Å². The predicted octanol–water partition coefficient (Wildman–Crippen LogP) is 3.45. The van der Waals surface area contributed by atoms with Crippen molar-refractivity contribution in [2.24, 2.45) is 5.73 Å². The van der Waals surface area contributed by atoms with Crippen molar-refractivity contribution in [2.45, 2.75) is 6.54 Å². The van der Waals surface area contributed by atoms with E-state index in [2.05, 4.69) is 10.3 Å². The summed E-state index contributed by atoms with van der Waals surface area (Å²) < 4.78 is 0. The first-order chi connectivity index (χ1) is 12.8. The third-order valence-electron chi connectivity index (χ3n) is 3.97. The summed E-state index contributed by atoms with van der Waals surface area (Å²) in [5, 5.41) is 13.5. The lowest BCUT2D eigenvalue weighted by atomic mass is 10.0. The molecule has 1 aromatic heterocycles. The fraction of sp³-hybridized carbons (Fsp3) is 0.0556. The molecule has 3 rings (SSSR count). The molecule has 0 fully saturated rings. The van der Waals surface area contributed by atoms with Crippen LogP contribution in [0.5, 0.6) is 0 Å². The number of aromatic amines is 1. The van der Waals surface area contributed by atoms with Crippen LogP contribution in [0.25, 0.3) is 10.9 Å². The molecular formula is C18H13Cl2N3O4. The van der Waals surface area contributed by atoms with Gasteiger partial charge >= 0.3 is 5.97 Å². The number of halogens is 2. The summed E-state index contributed by atoms with van der Waals surface area (Å²) >= 11 is 12.2. The zero-order chi connectivity index (χ0) is 19.7. The monoisotopic (exact) mass is 405 g/mol. The van der Waals surface area contributed by atoms with Crippen molar-refractivity contribution in [2.75, 3.05) is 5.32 Å². The minimum atomic E-state index is -1.19. The SMILES string of the molecule is NC(=O)C(=O)c1ccccc1CNc1c(C(=O)O)[nH]c2cc(Cl)cc(Cl)c12. The fourth-order valence-corrected chi connectivity index (χ4v) is 3.39. The lowest BCUT2D eigenvalue weighted by molar-refractivity contribution is -0.114. The Morgan fingerprint density at radius 2 is 1.85 bits per heavy atom. The number of hydrogen-bond acceptors (Lipinski definition) is 4. The summed E-state index contributed by atoms with van der Waals surface area (Å²) in [5.41, 5.74) is 6.30. The lowest BCUT2D eigenvalue weighted by Gasteiger charge is -2.11. The topological polar surface area (TPSA) is 125 Å². The van der Waals surface area contributed by atoms with Gasteiger partial charge in [-0.25, -0.2) is 4.79 Å². The molecule has 0 unspecified atom stereocenters. The molecule has 0 spiro atoms. The minimum absolute atomic E-state index is 0.0708. The quantitative estimate of drug-likeness (QED) is 0.369. The van der Waals surface area contributed by atoms with Crippen molar-refractivity contribution in [1.82, 2.24) is 4.98 Å². The highest BCUT2D eigenvalue weighted by molar-refractivity contribution is 6.42. The molecule has 0 radical (unpaired) electrons. The number of benzene rings is 2. The zero-order valence-corrected chi connectivity index (χ0v) is 15.2. The van der Waals surface area contributed by atoms with Crippen LogP contribution in [0.2, 0.25) is 10.0 Å². The van der Waals surface area contributed by atoms with Gasteiger partial charge in [0, 0.05) is 22.5 Å². The maximum absolute atomic E-state index is 12.0. The van der Waals surface area contributed by atoms with Crippen LogP contribution in [0.3, 0.4) is 0 Å². The van der Waals surface area contributed by atoms with E-state index in [1.165, 1.54) is 12.1 Å². The normalized spacial score (nSPS) is 10.7. The number of carboxylic acid groups (broad SMARTS) is 1. The number of Topliss-reactive ketones (excluding diaryl/α,β-unsaturated/α-hetero) is 1. The van der Waals surface area contributed by atoms with Gasteiger partial charge in [0.1, 0.15) is 5.69 Å². The molecule has 0 atom stereocenters. The molecule has 5 N–H and O–H groups in total. The van der Waals surface area contributed by atoms with Gasteiger partial charge in [-0.15, -0.1) is 0 Å². The molecule has 0 aliphatic heterocycles. The molecule has 2 aromatic carbocycles. The van der Waals surface area contributed by atoms with Gasteiger partial charge in [0.2, 0.25) is 5.78 Å². The van der Waals surface area contributed by atoms with Crippen LogP contribution in [0.4, 0.5) is 5.69 Å². The Bertz CT molecular complexity index is 1090. The van der Waals surface area contributed by atoms with Crippen molar-refractivity contribution < 1.29 is 19.5 Å². The molecule has 0 saturated carbocycles. The Kier molecular flexibility index (Phi) is 5.07. The van der Waals surface area contributed by atoms with E-state index in [0.29, 0.717) is 21.5 Å². The van der Waals surface area contributed by atoms with E-state index in [1.807, 2.05) is 0 Å². The zero-order valence-electron chi connectivity index (χ0n) is 13.7. The summed E-state index contributed by atoms with van der Waals surface area (Å²) in [6.07, 6.45) is 0. The van der Waals surface area contributed by atoms with Gasteiger partial charge in [-0.1, -0.05) is 47.5 Å². The number of ketones is 1. The molecule has 0 aliphatic carbocycles. The first kappa shape index (κ1) is 18.8. The number of carbonyl (C=O) groups excluding carboxylic acids is 2. The molecule has 0 bridgehead atoms. The van der Waals surface area contributed by atoms with E-state index < -0.39 is 17.7 Å². The summed E-state index contributed by atoms with van der Waals surface area (Å²) in [5.74, 6) is -3.09. The minimum Gasteiger partial charge on any atom is -0.477 e. The largest absolute Gasteiger partial charge is 0.477 e. The second-order valence-electron chi connectivity index (χ2n) is 5.69. The number of carbonyl (C=O) groups is 3. The number of fused-ring (bicyclic) bond motifs is 1. The van der Waals surface area contributed by atoms with Gasteiger partial charge in [0.25, 0.3) is 5.91 Å². The van der Waals surface area contributed by atoms with E-state index in [0.717, 1.165) is 0 Å². The third-order valence-corrected chi connectivity index (χ3v) is 4.49. The average Bonchev–Trinajstić information content (AvgIpc) is 2.98. The van der Waals surface area contributed by atoms with Crippen LogP contribution < -0.4 is 11.1 Å². The number of anilines is 1. The number of carboxylic acids is 1. The number of H-pyrrole nitrogens is 1. The maximum Gasteiger partial charge on any atom is 0.354 e. The van der Waals surface area contributed by atoms with E-state index in [-0.39, 0.29) is 28.5 Å². The van der Waals surface area contributed by atoms with Crippen molar-refractivity contribution in [3.63, 3.8) is 0 Å². The Labute approximate surface area is 163 Å². The van der Waals surface area contributed by atoms with Crippen LogP contribution >= 0.6 is 23.2 Å². The fourth-order valence-electron chi connectivity index (χ4n) is 2.80. The summed E-state index contributed by atoms with van der Waals surface area (Å²) in [6.45, 7) is 0.0708. The Balaban J connectivity index is 2.04. The van der Waals surface area contributed by atoms with Crippen molar-refractivity contribution in [3.05, 3.63) is 63.3 Å². The Morgan fingerprint density at radius 3 is 2.52 bits per heavy atom.